The summed E-state index contributed by atoms with van der Waals surface area (Å²) in [5.41, 5.74) is 0.176. The van der Waals surface area contributed by atoms with Crippen molar-refractivity contribution in [2.24, 2.45) is 0 Å². The highest BCUT2D eigenvalue weighted by molar-refractivity contribution is 5.85. The van der Waals surface area contributed by atoms with Crippen LogP contribution >= 0.6 is 0 Å². The van der Waals surface area contributed by atoms with Crippen LogP contribution in [0.4, 0.5) is 4.39 Å². The molecule has 0 amide bonds. The van der Waals surface area contributed by atoms with Gasteiger partial charge in [0.2, 0.25) is 5.83 Å². The normalized spacial score (nSPS) is 8.20. The fourth-order valence-electron chi connectivity index (χ4n) is 0.273. The van der Waals surface area contributed by atoms with Crippen molar-refractivity contribution in [2.45, 2.75) is 20.3 Å². The van der Waals surface area contributed by atoms with Crippen molar-refractivity contribution in [1.82, 2.24) is 0 Å². The van der Waals surface area contributed by atoms with Crippen molar-refractivity contribution in [3.8, 4) is 0 Å². The fourth-order valence-corrected chi connectivity index (χ4v) is 0.273. The molecule has 86 valence electrons. The molecule has 5 heteroatoms. The molecule has 0 aliphatic rings. The summed E-state index contributed by atoms with van der Waals surface area (Å²) in [6, 6.07) is 0. The van der Waals surface area contributed by atoms with Crippen LogP contribution in [-0.4, -0.2) is 23.7 Å². The van der Waals surface area contributed by atoms with Gasteiger partial charge < -0.3 is 9.84 Å². The standard InChI is InChI=1S/C6H9FO2.C4H6O2/c1-3-4-9-6(8)5(2)7;1-3(2)4(5)6/h2-4H2,1H3;1H2,2H3,(H,5,6). The Morgan fingerprint density at radius 3 is 2.00 bits per heavy atom. The highest BCUT2D eigenvalue weighted by atomic mass is 19.1. The lowest BCUT2D eigenvalue weighted by atomic mass is 10.4. The van der Waals surface area contributed by atoms with Crippen LogP contribution < -0.4 is 0 Å². The van der Waals surface area contributed by atoms with Crippen LogP contribution in [0.5, 0.6) is 0 Å². The van der Waals surface area contributed by atoms with Crippen molar-refractivity contribution in [3.05, 3.63) is 24.6 Å². The maximum Gasteiger partial charge on any atom is 0.366 e. The number of esters is 1. The van der Waals surface area contributed by atoms with Crippen LogP contribution in [0.15, 0.2) is 24.6 Å². The second kappa shape index (κ2) is 8.93. The van der Waals surface area contributed by atoms with Crippen molar-refractivity contribution in [3.63, 3.8) is 0 Å². The molecule has 4 nitrogen and oxygen atoms in total. The molecule has 0 saturated heterocycles. The summed E-state index contributed by atoms with van der Waals surface area (Å²) >= 11 is 0. The molecule has 0 aliphatic heterocycles. The zero-order valence-corrected chi connectivity index (χ0v) is 8.88. The molecule has 0 bridgehead atoms. The van der Waals surface area contributed by atoms with Gasteiger partial charge in [-0.3, -0.25) is 0 Å². The van der Waals surface area contributed by atoms with E-state index in [-0.39, 0.29) is 12.2 Å². The minimum Gasteiger partial charge on any atom is -0.478 e. The summed E-state index contributed by atoms with van der Waals surface area (Å²) in [5, 5.41) is 7.89. The third kappa shape index (κ3) is 12.4. The first kappa shape index (κ1) is 15.8. The van der Waals surface area contributed by atoms with Gasteiger partial charge in [0.05, 0.1) is 6.61 Å². The van der Waals surface area contributed by atoms with E-state index in [1.807, 2.05) is 6.92 Å². The van der Waals surface area contributed by atoms with E-state index in [1.165, 1.54) is 6.92 Å². The number of carbonyl (C=O) groups excluding carboxylic acids is 1. The molecule has 1 N–H and O–H groups in total. The summed E-state index contributed by atoms with van der Waals surface area (Å²) in [4.78, 5) is 19.8. The van der Waals surface area contributed by atoms with Crippen LogP contribution in [-0.2, 0) is 14.3 Å². The van der Waals surface area contributed by atoms with Gasteiger partial charge in [-0.05, 0) is 13.3 Å². The smallest absolute Gasteiger partial charge is 0.366 e. The van der Waals surface area contributed by atoms with E-state index >= 15 is 0 Å². The average molecular weight is 218 g/mol. The van der Waals surface area contributed by atoms with Gasteiger partial charge in [0.15, 0.2) is 0 Å². The van der Waals surface area contributed by atoms with Crippen molar-refractivity contribution >= 4 is 11.9 Å². The van der Waals surface area contributed by atoms with Gasteiger partial charge in [0, 0.05) is 5.57 Å². The van der Waals surface area contributed by atoms with E-state index < -0.39 is 17.8 Å². The van der Waals surface area contributed by atoms with Crippen LogP contribution in [0.2, 0.25) is 0 Å². The largest absolute Gasteiger partial charge is 0.478 e. The summed E-state index contributed by atoms with van der Waals surface area (Å²) in [6.07, 6.45) is 0.693. The van der Waals surface area contributed by atoms with E-state index in [1.54, 1.807) is 0 Å². The highest BCUT2D eigenvalue weighted by Gasteiger charge is 2.04. The van der Waals surface area contributed by atoms with Gasteiger partial charge in [0.1, 0.15) is 0 Å². The lowest BCUT2D eigenvalue weighted by molar-refractivity contribution is -0.140. The zero-order valence-electron chi connectivity index (χ0n) is 8.88. The molecule has 0 heterocycles. The van der Waals surface area contributed by atoms with Crippen molar-refractivity contribution in [2.75, 3.05) is 6.61 Å². The SMILES string of the molecule is C=C(C)C(=O)O.C=C(F)C(=O)OCCC. The molecule has 0 radical (unpaired) electrons. The predicted octanol–water partition coefficient (Wildman–Crippen LogP) is 2.07. The van der Waals surface area contributed by atoms with Crippen molar-refractivity contribution < 1.29 is 23.8 Å². The lowest BCUT2D eigenvalue weighted by Gasteiger charge is -1.97. The Labute approximate surface area is 88.0 Å². The summed E-state index contributed by atoms with van der Waals surface area (Å²) < 4.78 is 16.1. The predicted molar refractivity (Wildman–Crippen MR) is 53.9 cm³/mol. The second-order valence-electron chi connectivity index (χ2n) is 2.63. The first-order valence-electron chi connectivity index (χ1n) is 4.23. The van der Waals surface area contributed by atoms with Gasteiger partial charge in [0.25, 0.3) is 0 Å². The van der Waals surface area contributed by atoms with E-state index in [9.17, 15) is 14.0 Å². The van der Waals surface area contributed by atoms with E-state index in [0.29, 0.717) is 6.42 Å². The van der Waals surface area contributed by atoms with Crippen LogP contribution in [0.3, 0.4) is 0 Å². The third-order valence-corrected chi connectivity index (χ3v) is 1.02. The molecule has 0 atom stereocenters. The maximum absolute atomic E-state index is 11.7. The Hall–Kier alpha value is -1.65. The quantitative estimate of drug-likeness (QED) is 0.579. The number of rotatable bonds is 4. The van der Waals surface area contributed by atoms with Gasteiger partial charge in [-0.1, -0.05) is 20.1 Å². The Bertz CT molecular complexity index is 246. The number of ether oxygens (including phenoxy) is 1. The molecule has 0 aromatic carbocycles. The molecule has 0 rings (SSSR count). The molecule has 0 aromatic heterocycles. The van der Waals surface area contributed by atoms with Gasteiger partial charge >= 0.3 is 11.9 Å². The van der Waals surface area contributed by atoms with Crippen LogP contribution in [0.1, 0.15) is 20.3 Å². The number of hydrogen-bond donors (Lipinski definition) is 1. The average Bonchev–Trinajstić information content (AvgIpc) is 2.14. The molecular weight excluding hydrogens is 203 g/mol. The Morgan fingerprint density at radius 1 is 1.40 bits per heavy atom. The highest BCUT2D eigenvalue weighted by Crippen LogP contribution is 1.94. The molecule has 15 heavy (non-hydrogen) atoms. The van der Waals surface area contributed by atoms with E-state index in [0.717, 1.165) is 0 Å². The number of carboxylic acid groups (broad SMARTS) is 1. The first-order valence-corrected chi connectivity index (χ1v) is 4.23. The van der Waals surface area contributed by atoms with Gasteiger partial charge in [-0.15, -0.1) is 0 Å². The molecule has 0 aromatic rings. The topological polar surface area (TPSA) is 63.6 Å². The molecule has 0 saturated carbocycles. The molecule has 0 fully saturated rings. The van der Waals surface area contributed by atoms with E-state index in [4.69, 9.17) is 5.11 Å². The van der Waals surface area contributed by atoms with Gasteiger partial charge in [-0.25, -0.2) is 9.59 Å². The first-order chi connectivity index (χ1) is 6.82. The van der Waals surface area contributed by atoms with Crippen LogP contribution in [0, 0.1) is 0 Å². The number of hydrogen-bond acceptors (Lipinski definition) is 3. The minimum atomic E-state index is -1.04. The Kier molecular flexibility index (Phi) is 9.41. The number of aliphatic carboxylic acids is 1. The van der Waals surface area contributed by atoms with Crippen molar-refractivity contribution in [1.29, 1.82) is 0 Å². The van der Waals surface area contributed by atoms with Crippen LogP contribution in [0.25, 0.3) is 0 Å². The Morgan fingerprint density at radius 2 is 1.80 bits per heavy atom. The summed E-state index contributed by atoms with van der Waals surface area (Å²) in [6.45, 7) is 9.45. The molecule has 0 spiro atoms. The molecular formula is C10H15FO4. The fraction of sp³-hybridized carbons (Fsp3) is 0.400. The number of halogens is 1. The van der Waals surface area contributed by atoms with Gasteiger partial charge in [-0.2, -0.15) is 4.39 Å². The summed E-state index contributed by atoms with van der Waals surface area (Å²) in [5.74, 6) is -2.93. The Balaban J connectivity index is 0. The number of carbonyl (C=O) groups is 2. The number of carboxylic acids is 1. The molecule has 0 aliphatic carbocycles. The second-order valence-corrected chi connectivity index (χ2v) is 2.63. The maximum atomic E-state index is 11.7. The third-order valence-electron chi connectivity index (χ3n) is 1.02. The molecule has 0 unspecified atom stereocenters. The lowest BCUT2D eigenvalue weighted by Crippen LogP contribution is -2.04. The minimum absolute atomic E-state index is 0.176. The monoisotopic (exact) mass is 218 g/mol. The summed E-state index contributed by atoms with van der Waals surface area (Å²) in [7, 11) is 0. The van der Waals surface area contributed by atoms with E-state index in [2.05, 4.69) is 17.9 Å². The zero-order chi connectivity index (χ0) is 12.4.